The number of pyridine rings is 1. The van der Waals surface area contributed by atoms with Crippen LogP contribution < -0.4 is 4.74 Å². The van der Waals surface area contributed by atoms with Crippen LogP contribution in [0.2, 0.25) is 0 Å². The standard InChI is InChI=1S/C10H13NO4/c1-10(14,6-9(12)13)7-3-4-11-8(5-7)15-2/h3-5,14H,6H2,1-2H3,(H,12,13). The molecule has 82 valence electrons. The zero-order chi connectivity index (χ0) is 11.5. The van der Waals surface area contributed by atoms with E-state index in [0.29, 0.717) is 11.4 Å². The van der Waals surface area contributed by atoms with E-state index in [4.69, 9.17) is 9.84 Å². The molecule has 1 aromatic rings. The van der Waals surface area contributed by atoms with Crippen LogP contribution in [0.4, 0.5) is 0 Å². The van der Waals surface area contributed by atoms with Gasteiger partial charge in [0, 0.05) is 12.3 Å². The van der Waals surface area contributed by atoms with Gasteiger partial charge in [-0.15, -0.1) is 0 Å². The molecule has 0 bridgehead atoms. The minimum atomic E-state index is -1.41. The monoisotopic (exact) mass is 211 g/mol. The molecular weight excluding hydrogens is 198 g/mol. The maximum atomic E-state index is 10.5. The van der Waals surface area contributed by atoms with E-state index in [0.717, 1.165) is 0 Å². The Morgan fingerprint density at radius 1 is 1.67 bits per heavy atom. The summed E-state index contributed by atoms with van der Waals surface area (Å²) >= 11 is 0. The Kier molecular flexibility index (Phi) is 3.26. The van der Waals surface area contributed by atoms with E-state index >= 15 is 0 Å². The van der Waals surface area contributed by atoms with E-state index in [-0.39, 0.29) is 6.42 Å². The summed E-state index contributed by atoms with van der Waals surface area (Å²) in [6, 6.07) is 3.08. The summed E-state index contributed by atoms with van der Waals surface area (Å²) < 4.78 is 4.89. The highest BCUT2D eigenvalue weighted by Crippen LogP contribution is 2.25. The lowest BCUT2D eigenvalue weighted by Gasteiger charge is -2.21. The summed E-state index contributed by atoms with van der Waals surface area (Å²) in [7, 11) is 1.46. The fraction of sp³-hybridized carbons (Fsp3) is 0.400. The second kappa shape index (κ2) is 4.27. The van der Waals surface area contributed by atoms with E-state index in [9.17, 15) is 9.90 Å². The molecule has 0 radical (unpaired) electrons. The Hall–Kier alpha value is -1.62. The average Bonchev–Trinajstić information content (AvgIpc) is 2.16. The lowest BCUT2D eigenvalue weighted by atomic mass is 9.93. The molecule has 5 nitrogen and oxygen atoms in total. The third-order valence-electron chi connectivity index (χ3n) is 2.06. The number of hydrogen-bond acceptors (Lipinski definition) is 4. The van der Waals surface area contributed by atoms with Gasteiger partial charge in [-0.3, -0.25) is 4.79 Å². The predicted molar refractivity (Wildman–Crippen MR) is 52.6 cm³/mol. The lowest BCUT2D eigenvalue weighted by Crippen LogP contribution is -2.25. The Morgan fingerprint density at radius 2 is 2.33 bits per heavy atom. The molecule has 0 saturated carbocycles. The van der Waals surface area contributed by atoms with Crippen molar-refractivity contribution >= 4 is 5.97 Å². The summed E-state index contributed by atoms with van der Waals surface area (Å²) in [4.78, 5) is 14.4. The number of rotatable bonds is 4. The molecule has 15 heavy (non-hydrogen) atoms. The minimum absolute atomic E-state index is 0.346. The molecule has 0 aliphatic carbocycles. The first kappa shape index (κ1) is 11.5. The number of ether oxygens (including phenoxy) is 1. The maximum Gasteiger partial charge on any atom is 0.306 e. The number of carboxylic acids is 1. The van der Waals surface area contributed by atoms with Crippen LogP contribution in [0.1, 0.15) is 18.9 Å². The van der Waals surface area contributed by atoms with Gasteiger partial charge in [-0.25, -0.2) is 4.98 Å². The van der Waals surface area contributed by atoms with Crippen LogP contribution in [-0.2, 0) is 10.4 Å². The Labute approximate surface area is 87.3 Å². The zero-order valence-electron chi connectivity index (χ0n) is 8.60. The van der Waals surface area contributed by atoms with Crippen LogP contribution >= 0.6 is 0 Å². The van der Waals surface area contributed by atoms with Crippen LogP contribution in [0.3, 0.4) is 0 Å². The number of methoxy groups -OCH3 is 1. The molecular formula is C10H13NO4. The largest absolute Gasteiger partial charge is 0.481 e. The topological polar surface area (TPSA) is 79.7 Å². The van der Waals surface area contributed by atoms with E-state index in [1.807, 2.05) is 0 Å². The third kappa shape index (κ3) is 2.92. The molecule has 2 N–H and O–H groups in total. The van der Waals surface area contributed by atoms with Gasteiger partial charge in [-0.2, -0.15) is 0 Å². The fourth-order valence-corrected chi connectivity index (χ4v) is 1.25. The van der Waals surface area contributed by atoms with Crippen LogP contribution in [0, 0.1) is 0 Å². The number of aliphatic hydroxyl groups is 1. The van der Waals surface area contributed by atoms with Gasteiger partial charge in [0.15, 0.2) is 0 Å². The van der Waals surface area contributed by atoms with Crippen molar-refractivity contribution in [1.29, 1.82) is 0 Å². The van der Waals surface area contributed by atoms with Crippen molar-refractivity contribution in [2.75, 3.05) is 7.11 Å². The highest BCUT2D eigenvalue weighted by Gasteiger charge is 2.26. The quantitative estimate of drug-likeness (QED) is 0.769. The van der Waals surface area contributed by atoms with Gasteiger partial charge in [-0.05, 0) is 18.6 Å². The van der Waals surface area contributed by atoms with E-state index < -0.39 is 11.6 Å². The first-order valence-corrected chi connectivity index (χ1v) is 4.40. The van der Waals surface area contributed by atoms with Gasteiger partial charge in [-0.1, -0.05) is 0 Å². The molecule has 1 aromatic heterocycles. The Morgan fingerprint density at radius 3 is 2.87 bits per heavy atom. The molecule has 5 heteroatoms. The maximum absolute atomic E-state index is 10.5. The molecule has 0 amide bonds. The van der Waals surface area contributed by atoms with Gasteiger partial charge in [0.05, 0.1) is 19.1 Å². The van der Waals surface area contributed by atoms with Crippen molar-refractivity contribution in [3.05, 3.63) is 23.9 Å². The van der Waals surface area contributed by atoms with Crippen LogP contribution in [0.25, 0.3) is 0 Å². The summed E-state index contributed by atoms with van der Waals surface area (Å²) in [6.45, 7) is 1.44. The minimum Gasteiger partial charge on any atom is -0.481 e. The first-order valence-electron chi connectivity index (χ1n) is 4.40. The average molecular weight is 211 g/mol. The normalized spacial score (nSPS) is 14.3. The van der Waals surface area contributed by atoms with Gasteiger partial charge in [0.2, 0.25) is 5.88 Å². The highest BCUT2D eigenvalue weighted by atomic mass is 16.5. The van der Waals surface area contributed by atoms with Crippen molar-refractivity contribution in [3.63, 3.8) is 0 Å². The van der Waals surface area contributed by atoms with E-state index in [1.165, 1.54) is 26.3 Å². The number of carboxylic acid groups (broad SMARTS) is 1. The molecule has 1 heterocycles. The SMILES string of the molecule is COc1cc(C(C)(O)CC(=O)O)ccn1. The highest BCUT2D eigenvalue weighted by molar-refractivity contribution is 5.68. The number of aliphatic carboxylic acids is 1. The van der Waals surface area contributed by atoms with Gasteiger partial charge >= 0.3 is 5.97 Å². The number of hydrogen-bond donors (Lipinski definition) is 2. The summed E-state index contributed by atoms with van der Waals surface area (Å²) in [6.07, 6.45) is 1.10. The molecule has 0 fully saturated rings. The summed E-state index contributed by atoms with van der Waals surface area (Å²) in [5, 5.41) is 18.5. The summed E-state index contributed by atoms with van der Waals surface area (Å²) in [5.74, 6) is -0.714. The second-order valence-corrected chi connectivity index (χ2v) is 3.43. The fourth-order valence-electron chi connectivity index (χ4n) is 1.25. The predicted octanol–water partition coefficient (Wildman–Crippen LogP) is 0.772. The molecule has 0 aliphatic rings. The molecule has 0 saturated heterocycles. The lowest BCUT2D eigenvalue weighted by molar-refractivity contribution is -0.142. The van der Waals surface area contributed by atoms with E-state index in [2.05, 4.69) is 4.98 Å². The molecule has 1 atom stereocenters. The van der Waals surface area contributed by atoms with E-state index in [1.54, 1.807) is 6.07 Å². The zero-order valence-corrected chi connectivity index (χ0v) is 8.60. The Balaban J connectivity index is 2.98. The molecule has 1 rings (SSSR count). The smallest absolute Gasteiger partial charge is 0.306 e. The van der Waals surface area contributed by atoms with Crippen LogP contribution in [0.15, 0.2) is 18.3 Å². The van der Waals surface area contributed by atoms with Gasteiger partial charge < -0.3 is 14.9 Å². The van der Waals surface area contributed by atoms with Gasteiger partial charge in [0.25, 0.3) is 0 Å². The molecule has 0 aromatic carbocycles. The number of nitrogens with zero attached hydrogens (tertiary/aromatic N) is 1. The van der Waals surface area contributed by atoms with Crippen molar-refractivity contribution in [2.24, 2.45) is 0 Å². The molecule has 0 spiro atoms. The van der Waals surface area contributed by atoms with Gasteiger partial charge in [0.1, 0.15) is 0 Å². The van der Waals surface area contributed by atoms with Crippen LogP contribution in [-0.4, -0.2) is 28.3 Å². The van der Waals surface area contributed by atoms with Crippen molar-refractivity contribution in [2.45, 2.75) is 18.9 Å². The molecule has 1 unspecified atom stereocenters. The van der Waals surface area contributed by atoms with Crippen LogP contribution in [0.5, 0.6) is 5.88 Å². The number of aromatic nitrogens is 1. The second-order valence-electron chi connectivity index (χ2n) is 3.43. The summed E-state index contributed by atoms with van der Waals surface area (Å²) in [5.41, 5.74) is -0.945. The Bertz CT molecular complexity index is 362. The number of carbonyl (C=O) groups is 1. The van der Waals surface area contributed by atoms with Crippen molar-refractivity contribution in [3.8, 4) is 5.88 Å². The van der Waals surface area contributed by atoms with Crippen molar-refractivity contribution in [1.82, 2.24) is 4.98 Å². The van der Waals surface area contributed by atoms with Crippen molar-refractivity contribution < 1.29 is 19.7 Å². The third-order valence-corrected chi connectivity index (χ3v) is 2.06. The molecule has 0 aliphatic heterocycles. The first-order chi connectivity index (χ1) is 6.95.